The molecule has 0 aliphatic heterocycles. The zero-order valence-corrected chi connectivity index (χ0v) is 12.4. The first-order chi connectivity index (χ1) is 9.20. The molecule has 0 fully saturated rings. The topological polar surface area (TPSA) is 40.7 Å². The van der Waals surface area contributed by atoms with E-state index in [1.165, 1.54) is 12.1 Å². The van der Waals surface area contributed by atoms with Crippen molar-refractivity contribution in [2.45, 2.75) is 25.8 Å². The molecule has 0 aliphatic rings. The van der Waals surface area contributed by atoms with Crippen molar-refractivity contribution in [1.82, 2.24) is 15.3 Å². The quantitative estimate of drug-likeness (QED) is 0.852. The lowest BCUT2D eigenvalue weighted by atomic mass is 10.0. The van der Waals surface area contributed by atoms with Crippen LogP contribution in [-0.2, 0) is 6.42 Å². The van der Waals surface area contributed by atoms with E-state index in [1.807, 2.05) is 12.3 Å². The van der Waals surface area contributed by atoms with Crippen LogP contribution in [0, 0.1) is 5.82 Å². The van der Waals surface area contributed by atoms with Crippen LogP contribution < -0.4 is 5.32 Å². The average Bonchev–Trinajstić information content (AvgIpc) is 2.88. The van der Waals surface area contributed by atoms with E-state index in [2.05, 4.69) is 38.1 Å². The first-order valence-electron chi connectivity index (χ1n) is 6.37. The van der Waals surface area contributed by atoms with Gasteiger partial charge in [-0.25, -0.2) is 9.37 Å². The molecule has 0 saturated carbocycles. The van der Waals surface area contributed by atoms with Crippen LogP contribution in [0.2, 0.25) is 0 Å². The number of halogens is 2. The summed E-state index contributed by atoms with van der Waals surface area (Å²) in [5.41, 5.74) is 1.05. The zero-order valence-electron chi connectivity index (χ0n) is 10.8. The van der Waals surface area contributed by atoms with Crippen molar-refractivity contribution in [3.8, 4) is 0 Å². The highest BCUT2D eigenvalue weighted by Crippen LogP contribution is 2.26. The highest BCUT2D eigenvalue weighted by molar-refractivity contribution is 9.10. The molecule has 2 N–H and O–H groups in total. The fourth-order valence-electron chi connectivity index (χ4n) is 2.00. The molecule has 2 rings (SSSR count). The van der Waals surface area contributed by atoms with E-state index in [9.17, 15) is 4.39 Å². The summed E-state index contributed by atoms with van der Waals surface area (Å²) in [6.45, 7) is 3.03. The number of H-pyrrole nitrogens is 1. The molecule has 0 radical (unpaired) electrons. The summed E-state index contributed by atoms with van der Waals surface area (Å²) >= 11 is 3.43. The molecule has 3 nitrogen and oxygen atoms in total. The number of aromatic amines is 1. The SMILES string of the molecule is CCCNC(Cc1ncc[nH]1)c1ccc(F)cc1Br. The minimum Gasteiger partial charge on any atom is -0.349 e. The maximum Gasteiger partial charge on any atom is 0.124 e. The smallest absolute Gasteiger partial charge is 0.124 e. The normalized spacial score (nSPS) is 12.6. The molecule has 1 heterocycles. The van der Waals surface area contributed by atoms with Gasteiger partial charge < -0.3 is 10.3 Å². The number of imidazole rings is 1. The van der Waals surface area contributed by atoms with Crippen LogP contribution in [0.3, 0.4) is 0 Å². The highest BCUT2D eigenvalue weighted by Gasteiger charge is 2.16. The summed E-state index contributed by atoms with van der Waals surface area (Å²) in [6, 6.07) is 4.91. The number of aromatic nitrogens is 2. The van der Waals surface area contributed by atoms with Crippen molar-refractivity contribution in [2.75, 3.05) is 6.54 Å². The van der Waals surface area contributed by atoms with Crippen molar-refractivity contribution in [2.24, 2.45) is 0 Å². The van der Waals surface area contributed by atoms with Crippen molar-refractivity contribution in [3.63, 3.8) is 0 Å². The van der Waals surface area contributed by atoms with Crippen LogP contribution >= 0.6 is 15.9 Å². The third-order valence-electron chi connectivity index (χ3n) is 2.93. The lowest BCUT2D eigenvalue weighted by molar-refractivity contribution is 0.517. The van der Waals surface area contributed by atoms with Gasteiger partial charge in [0.2, 0.25) is 0 Å². The number of hydrogen-bond donors (Lipinski definition) is 2. The Bertz CT molecular complexity index is 513. The van der Waals surface area contributed by atoms with Gasteiger partial charge in [0.25, 0.3) is 0 Å². The molecule has 0 amide bonds. The first-order valence-corrected chi connectivity index (χ1v) is 7.16. The maximum atomic E-state index is 13.2. The Labute approximate surface area is 120 Å². The van der Waals surface area contributed by atoms with Gasteiger partial charge in [-0.2, -0.15) is 0 Å². The lowest BCUT2D eigenvalue weighted by Gasteiger charge is -2.19. The largest absolute Gasteiger partial charge is 0.349 e. The van der Waals surface area contributed by atoms with Crippen molar-refractivity contribution in [1.29, 1.82) is 0 Å². The monoisotopic (exact) mass is 325 g/mol. The summed E-state index contributed by atoms with van der Waals surface area (Å²) in [5.74, 6) is 0.688. The second kappa shape index (κ2) is 6.82. The molecule has 1 aromatic carbocycles. The molecule has 0 spiro atoms. The molecule has 1 aromatic heterocycles. The Balaban J connectivity index is 2.20. The number of hydrogen-bond acceptors (Lipinski definition) is 2. The van der Waals surface area contributed by atoms with Gasteiger partial charge in [0.05, 0.1) is 0 Å². The number of rotatable bonds is 6. The Morgan fingerprint density at radius 3 is 2.95 bits per heavy atom. The van der Waals surface area contributed by atoms with E-state index >= 15 is 0 Å². The Hall–Kier alpha value is -1.20. The summed E-state index contributed by atoms with van der Waals surface area (Å²) in [7, 11) is 0. The summed E-state index contributed by atoms with van der Waals surface area (Å²) in [5, 5.41) is 3.47. The number of benzene rings is 1. The summed E-state index contributed by atoms with van der Waals surface area (Å²) < 4.78 is 14.0. The molecule has 1 unspecified atom stereocenters. The second-order valence-corrected chi connectivity index (χ2v) is 5.27. The Morgan fingerprint density at radius 2 is 2.32 bits per heavy atom. The minimum atomic E-state index is -0.233. The van der Waals surface area contributed by atoms with Crippen LogP contribution in [0.5, 0.6) is 0 Å². The highest BCUT2D eigenvalue weighted by atomic mass is 79.9. The predicted octanol–water partition coefficient (Wildman–Crippen LogP) is 3.59. The fourth-order valence-corrected chi connectivity index (χ4v) is 2.62. The van der Waals surface area contributed by atoms with Crippen LogP contribution in [0.4, 0.5) is 4.39 Å². The maximum absolute atomic E-state index is 13.2. The van der Waals surface area contributed by atoms with Gasteiger partial charge in [0, 0.05) is 29.3 Å². The third kappa shape index (κ3) is 3.88. The van der Waals surface area contributed by atoms with Gasteiger partial charge in [-0.3, -0.25) is 0 Å². The standard InChI is InChI=1S/C14H17BrFN3/c1-2-5-17-13(9-14-18-6-7-19-14)11-4-3-10(16)8-12(11)15/h3-4,6-8,13,17H,2,5,9H2,1H3,(H,18,19). The molecule has 102 valence electrons. The lowest BCUT2D eigenvalue weighted by Crippen LogP contribution is -2.25. The minimum absolute atomic E-state index is 0.112. The van der Waals surface area contributed by atoms with Gasteiger partial charge in [0.1, 0.15) is 11.6 Å². The van der Waals surface area contributed by atoms with Crippen LogP contribution in [0.15, 0.2) is 35.1 Å². The van der Waals surface area contributed by atoms with E-state index in [1.54, 1.807) is 6.20 Å². The fraction of sp³-hybridized carbons (Fsp3) is 0.357. The van der Waals surface area contributed by atoms with Crippen molar-refractivity contribution in [3.05, 3.63) is 52.3 Å². The molecule has 19 heavy (non-hydrogen) atoms. The summed E-state index contributed by atoms with van der Waals surface area (Å²) in [4.78, 5) is 7.36. The van der Waals surface area contributed by atoms with Gasteiger partial charge in [-0.1, -0.05) is 28.9 Å². The molecule has 5 heteroatoms. The second-order valence-electron chi connectivity index (χ2n) is 4.41. The van der Waals surface area contributed by atoms with Gasteiger partial charge in [-0.05, 0) is 30.7 Å². The molecule has 0 bridgehead atoms. The van der Waals surface area contributed by atoms with Crippen molar-refractivity contribution < 1.29 is 4.39 Å². The van der Waals surface area contributed by atoms with E-state index in [0.29, 0.717) is 0 Å². The molecular formula is C14H17BrFN3. The molecule has 2 aromatic rings. The predicted molar refractivity (Wildman–Crippen MR) is 77.4 cm³/mol. The summed E-state index contributed by atoms with van der Waals surface area (Å²) in [6.07, 6.45) is 5.35. The van der Waals surface area contributed by atoms with E-state index in [4.69, 9.17) is 0 Å². The molecular weight excluding hydrogens is 309 g/mol. The average molecular weight is 326 g/mol. The Morgan fingerprint density at radius 1 is 1.47 bits per heavy atom. The molecule has 1 atom stereocenters. The van der Waals surface area contributed by atoms with Crippen LogP contribution in [0.25, 0.3) is 0 Å². The van der Waals surface area contributed by atoms with Crippen LogP contribution in [0.1, 0.15) is 30.8 Å². The third-order valence-corrected chi connectivity index (χ3v) is 3.62. The molecule has 0 aliphatic carbocycles. The zero-order chi connectivity index (χ0) is 13.7. The van der Waals surface area contributed by atoms with Gasteiger partial charge in [0.15, 0.2) is 0 Å². The number of nitrogens with zero attached hydrogens (tertiary/aromatic N) is 1. The first kappa shape index (κ1) is 14.2. The van der Waals surface area contributed by atoms with Crippen molar-refractivity contribution >= 4 is 15.9 Å². The number of nitrogens with one attached hydrogen (secondary N) is 2. The Kier molecular flexibility index (Phi) is 5.10. The van der Waals surface area contributed by atoms with Crippen LogP contribution in [-0.4, -0.2) is 16.5 Å². The van der Waals surface area contributed by atoms with E-state index in [-0.39, 0.29) is 11.9 Å². The van der Waals surface area contributed by atoms with E-state index in [0.717, 1.165) is 35.2 Å². The molecule has 0 saturated heterocycles. The van der Waals surface area contributed by atoms with E-state index < -0.39 is 0 Å². The van der Waals surface area contributed by atoms with Gasteiger partial charge in [-0.15, -0.1) is 0 Å². The van der Waals surface area contributed by atoms with Gasteiger partial charge >= 0.3 is 0 Å².